The predicted octanol–water partition coefficient (Wildman–Crippen LogP) is 2.35. The SMILES string of the molecule is CCOCc1ccc(CNC(=NC)N2CCN(C(=O)c3ccco3)CC2)cc1. The second kappa shape index (κ2) is 9.94. The summed E-state index contributed by atoms with van der Waals surface area (Å²) in [6.45, 7) is 6.83. The van der Waals surface area contributed by atoms with E-state index >= 15 is 0 Å². The molecule has 1 N–H and O–H groups in total. The smallest absolute Gasteiger partial charge is 0.289 e. The Balaban J connectivity index is 1.47. The summed E-state index contributed by atoms with van der Waals surface area (Å²) in [5, 5.41) is 3.41. The number of carbonyl (C=O) groups excluding carboxylic acids is 1. The molecule has 0 radical (unpaired) electrons. The van der Waals surface area contributed by atoms with Gasteiger partial charge in [-0.3, -0.25) is 9.79 Å². The van der Waals surface area contributed by atoms with Crippen molar-refractivity contribution in [2.45, 2.75) is 20.1 Å². The van der Waals surface area contributed by atoms with Crippen LogP contribution in [0.1, 0.15) is 28.6 Å². The van der Waals surface area contributed by atoms with E-state index in [4.69, 9.17) is 9.15 Å². The summed E-state index contributed by atoms with van der Waals surface area (Å²) in [7, 11) is 1.79. The number of carbonyl (C=O) groups is 1. The zero-order chi connectivity index (χ0) is 19.8. The number of nitrogens with zero attached hydrogens (tertiary/aromatic N) is 3. The fourth-order valence-corrected chi connectivity index (χ4v) is 3.16. The van der Waals surface area contributed by atoms with Crippen LogP contribution in [0.2, 0.25) is 0 Å². The van der Waals surface area contributed by atoms with Crippen molar-refractivity contribution in [3.63, 3.8) is 0 Å². The molecule has 0 saturated carbocycles. The fraction of sp³-hybridized carbons (Fsp3) is 0.429. The first-order chi connectivity index (χ1) is 13.7. The largest absolute Gasteiger partial charge is 0.459 e. The van der Waals surface area contributed by atoms with Gasteiger partial charge in [0.15, 0.2) is 11.7 Å². The normalized spacial score (nSPS) is 15.0. The Kier molecular flexibility index (Phi) is 7.08. The molecule has 1 aliphatic heterocycles. The number of ether oxygens (including phenoxy) is 1. The van der Waals surface area contributed by atoms with Gasteiger partial charge in [0.05, 0.1) is 12.9 Å². The molecule has 7 nitrogen and oxygen atoms in total. The molecule has 1 fully saturated rings. The molecule has 1 aliphatic rings. The summed E-state index contributed by atoms with van der Waals surface area (Å²) < 4.78 is 10.6. The fourth-order valence-electron chi connectivity index (χ4n) is 3.16. The third-order valence-electron chi connectivity index (χ3n) is 4.76. The Labute approximate surface area is 166 Å². The minimum Gasteiger partial charge on any atom is -0.459 e. The van der Waals surface area contributed by atoms with E-state index in [1.165, 1.54) is 17.4 Å². The Morgan fingerprint density at radius 3 is 2.39 bits per heavy atom. The number of furan rings is 1. The van der Waals surface area contributed by atoms with Gasteiger partial charge < -0.3 is 24.3 Å². The first kappa shape index (κ1) is 19.9. The van der Waals surface area contributed by atoms with Gasteiger partial charge in [-0.15, -0.1) is 0 Å². The summed E-state index contributed by atoms with van der Waals surface area (Å²) in [4.78, 5) is 20.8. The van der Waals surface area contributed by atoms with Crippen molar-refractivity contribution in [1.82, 2.24) is 15.1 Å². The van der Waals surface area contributed by atoms with E-state index in [0.717, 1.165) is 25.7 Å². The van der Waals surface area contributed by atoms with Crippen LogP contribution in [0.3, 0.4) is 0 Å². The third kappa shape index (κ3) is 5.13. The highest BCUT2D eigenvalue weighted by Crippen LogP contribution is 2.10. The van der Waals surface area contributed by atoms with Crippen LogP contribution < -0.4 is 5.32 Å². The van der Waals surface area contributed by atoms with E-state index in [-0.39, 0.29) is 5.91 Å². The summed E-state index contributed by atoms with van der Waals surface area (Å²) in [5.41, 5.74) is 2.36. The Morgan fingerprint density at radius 1 is 1.11 bits per heavy atom. The monoisotopic (exact) mass is 384 g/mol. The van der Waals surface area contributed by atoms with Gasteiger partial charge in [-0.1, -0.05) is 24.3 Å². The molecule has 1 aromatic heterocycles. The molecule has 0 aliphatic carbocycles. The third-order valence-corrected chi connectivity index (χ3v) is 4.76. The molecule has 0 spiro atoms. The van der Waals surface area contributed by atoms with Gasteiger partial charge >= 0.3 is 0 Å². The van der Waals surface area contributed by atoms with Crippen LogP contribution >= 0.6 is 0 Å². The zero-order valence-electron chi connectivity index (χ0n) is 16.6. The molecule has 1 saturated heterocycles. The average molecular weight is 384 g/mol. The van der Waals surface area contributed by atoms with E-state index in [1.807, 2.05) is 11.8 Å². The van der Waals surface area contributed by atoms with Crippen LogP contribution in [0.15, 0.2) is 52.1 Å². The highest BCUT2D eigenvalue weighted by atomic mass is 16.5. The Morgan fingerprint density at radius 2 is 1.79 bits per heavy atom. The molecule has 0 unspecified atom stereocenters. The van der Waals surface area contributed by atoms with Gasteiger partial charge in [-0.2, -0.15) is 0 Å². The summed E-state index contributed by atoms with van der Waals surface area (Å²) in [6, 6.07) is 11.8. The molecule has 1 aromatic carbocycles. The lowest BCUT2D eigenvalue weighted by Crippen LogP contribution is -2.53. The van der Waals surface area contributed by atoms with Crippen LogP contribution in [-0.4, -0.2) is 61.5 Å². The summed E-state index contributed by atoms with van der Waals surface area (Å²) in [5.74, 6) is 1.19. The average Bonchev–Trinajstić information content (AvgIpc) is 3.28. The van der Waals surface area contributed by atoms with Crippen LogP contribution in [0, 0.1) is 0 Å². The zero-order valence-corrected chi connectivity index (χ0v) is 16.6. The van der Waals surface area contributed by atoms with E-state index in [1.54, 1.807) is 19.2 Å². The molecular weight excluding hydrogens is 356 g/mol. The molecule has 150 valence electrons. The van der Waals surface area contributed by atoms with Crippen molar-refractivity contribution >= 4 is 11.9 Å². The maximum absolute atomic E-state index is 12.4. The van der Waals surface area contributed by atoms with Gasteiger partial charge in [0, 0.05) is 46.4 Å². The number of nitrogens with one attached hydrogen (secondary N) is 1. The standard InChI is InChI=1S/C21H28N4O3/c1-3-27-16-18-8-6-17(7-9-18)15-23-21(22-2)25-12-10-24(11-13-25)20(26)19-5-4-14-28-19/h4-9,14H,3,10-13,15-16H2,1-2H3,(H,22,23). The number of amides is 1. The number of aliphatic imine (C=N–C) groups is 1. The minimum absolute atomic E-state index is 0.0558. The lowest BCUT2D eigenvalue weighted by molar-refractivity contribution is 0.0657. The van der Waals surface area contributed by atoms with E-state index in [9.17, 15) is 4.79 Å². The van der Waals surface area contributed by atoms with Crippen LogP contribution in [-0.2, 0) is 17.9 Å². The topological polar surface area (TPSA) is 70.3 Å². The number of hydrogen-bond donors (Lipinski definition) is 1. The summed E-state index contributed by atoms with van der Waals surface area (Å²) in [6.07, 6.45) is 1.53. The Hall–Kier alpha value is -2.80. The molecule has 0 bridgehead atoms. The van der Waals surface area contributed by atoms with Crippen LogP contribution in [0.5, 0.6) is 0 Å². The molecule has 28 heavy (non-hydrogen) atoms. The van der Waals surface area contributed by atoms with Crippen molar-refractivity contribution in [1.29, 1.82) is 0 Å². The van der Waals surface area contributed by atoms with Crippen LogP contribution in [0.4, 0.5) is 0 Å². The van der Waals surface area contributed by atoms with Crippen LogP contribution in [0.25, 0.3) is 0 Å². The molecule has 3 rings (SSSR count). The van der Waals surface area contributed by atoms with Gasteiger partial charge in [-0.05, 0) is 30.2 Å². The lowest BCUT2D eigenvalue weighted by Gasteiger charge is -2.36. The van der Waals surface area contributed by atoms with Crippen molar-refractivity contribution in [3.05, 3.63) is 59.5 Å². The van der Waals surface area contributed by atoms with Crippen molar-refractivity contribution in [3.8, 4) is 0 Å². The Bertz CT molecular complexity index is 763. The van der Waals surface area contributed by atoms with E-state index < -0.39 is 0 Å². The highest BCUT2D eigenvalue weighted by molar-refractivity contribution is 5.91. The quantitative estimate of drug-likeness (QED) is 0.612. The van der Waals surface area contributed by atoms with Crippen molar-refractivity contribution in [2.75, 3.05) is 39.8 Å². The first-order valence-corrected chi connectivity index (χ1v) is 9.65. The number of benzene rings is 1. The predicted molar refractivity (Wildman–Crippen MR) is 108 cm³/mol. The van der Waals surface area contributed by atoms with Crippen molar-refractivity contribution in [2.24, 2.45) is 4.99 Å². The van der Waals surface area contributed by atoms with Gasteiger partial charge in [0.1, 0.15) is 0 Å². The number of piperazine rings is 1. The van der Waals surface area contributed by atoms with Crippen molar-refractivity contribution < 1.29 is 13.9 Å². The molecule has 2 heterocycles. The van der Waals surface area contributed by atoms with E-state index in [0.29, 0.717) is 32.0 Å². The molecule has 2 aromatic rings. The second-order valence-electron chi connectivity index (χ2n) is 6.61. The minimum atomic E-state index is -0.0558. The number of rotatable bonds is 6. The highest BCUT2D eigenvalue weighted by Gasteiger charge is 2.25. The van der Waals surface area contributed by atoms with E-state index in [2.05, 4.69) is 39.5 Å². The molecule has 0 atom stereocenters. The van der Waals surface area contributed by atoms with Gasteiger partial charge in [-0.25, -0.2) is 0 Å². The maximum Gasteiger partial charge on any atom is 0.289 e. The second-order valence-corrected chi connectivity index (χ2v) is 6.61. The van der Waals surface area contributed by atoms with Gasteiger partial charge in [0.25, 0.3) is 5.91 Å². The summed E-state index contributed by atoms with van der Waals surface area (Å²) >= 11 is 0. The maximum atomic E-state index is 12.4. The first-order valence-electron chi connectivity index (χ1n) is 9.65. The lowest BCUT2D eigenvalue weighted by atomic mass is 10.1. The molecule has 1 amide bonds. The number of hydrogen-bond acceptors (Lipinski definition) is 4. The molecule has 7 heteroatoms. The molecular formula is C21H28N4O3. The van der Waals surface area contributed by atoms with Gasteiger partial charge in [0.2, 0.25) is 0 Å². The number of guanidine groups is 1.